The average Bonchev–Trinajstić information content (AvgIpc) is 2.86. The first-order valence-electron chi connectivity index (χ1n) is 7.66. The highest BCUT2D eigenvalue weighted by Gasteiger charge is 2.31. The third kappa shape index (κ3) is 3.51. The average molecular weight is 394 g/mol. The molecule has 2 N–H and O–H groups in total. The number of carbonyl (C=O) groups excluding carboxylic acids is 1. The lowest BCUT2D eigenvalue weighted by atomic mass is 10.2. The van der Waals surface area contributed by atoms with Crippen molar-refractivity contribution in [3.63, 3.8) is 0 Å². The summed E-state index contributed by atoms with van der Waals surface area (Å²) in [5.74, 6) is 0.244. The van der Waals surface area contributed by atoms with Crippen LogP contribution in [0.4, 0.5) is 5.69 Å². The van der Waals surface area contributed by atoms with E-state index in [-0.39, 0.29) is 10.7 Å². The Morgan fingerprint density at radius 2 is 2.00 bits per heavy atom. The Morgan fingerprint density at radius 3 is 2.69 bits per heavy atom. The van der Waals surface area contributed by atoms with Crippen LogP contribution in [0.1, 0.15) is 12.5 Å². The predicted molar refractivity (Wildman–Crippen MR) is 99.4 cm³/mol. The fraction of sp³-hybridized carbons (Fsp3) is 0.176. The number of benzene rings is 2. The molecule has 1 aliphatic rings. The number of amides is 1. The standard InChI is InChI=1S/C17H16ClN3O4S/c1-10(17(22)20-11-7-8-14(25-2)13(18)9-11)19-16-12-5-3-4-6-15(12)26(23,24)21-16/h3-10H,1-2H3,(H,19,21)(H,20,22)/t10-/m1/s1. The van der Waals surface area contributed by atoms with Crippen molar-refractivity contribution in [1.29, 1.82) is 0 Å². The van der Waals surface area contributed by atoms with Gasteiger partial charge in [0, 0.05) is 11.3 Å². The summed E-state index contributed by atoms with van der Waals surface area (Å²) in [7, 11) is -2.14. The van der Waals surface area contributed by atoms with Crippen molar-refractivity contribution in [2.45, 2.75) is 17.9 Å². The highest BCUT2D eigenvalue weighted by atomic mass is 35.5. The zero-order valence-corrected chi connectivity index (χ0v) is 15.6. The minimum Gasteiger partial charge on any atom is -0.495 e. The summed E-state index contributed by atoms with van der Waals surface area (Å²) in [4.78, 5) is 16.7. The van der Waals surface area contributed by atoms with Gasteiger partial charge in [-0.05, 0) is 37.3 Å². The Hall–Kier alpha value is -2.58. The molecule has 26 heavy (non-hydrogen) atoms. The van der Waals surface area contributed by atoms with Crippen LogP contribution in [-0.4, -0.2) is 33.3 Å². The third-order valence-corrected chi connectivity index (χ3v) is 5.48. The molecule has 9 heteroatoms. The van der Waals surface area contributed by atoms with Crippen LogP contribution in [0, 0.1) is 0 Å². The van der Waals surface area contributed by atoms with Crippen LogP contribution in [0.5, 0.6) is 5.75 Å². The van der Waals surface area contributed by atoms with Crippen LogP contribution in [0.15, 0.2) is 52.4 Å². The van der Waals surface area contributed by atoms with Crippen molar-refractivity contribution in [2.75, 3.05) is 12.4 Å². The molecule has 0 unspecified atom stereocenters. The quantitative estimate of drug-likeness (QED) is 0.833. The highest BCUT2D eigenvalue weighted by molar-refractivity contribution is 7.90. The van der Waals surface area contributed by atoms with E-state index in [4.69, 9.17) is 16.3 Å². The van der Waals surface area contributed by atoms with Crippen LogP contribution in [-0.2, 0) is 14.8 Å². The van der Waals surface area contributed by atoms with E-state index in [0.717, 1.165) is 0 Å². The van der Waals surface area contributed by atoms with Crippen LogP contribution in [0.2, 0.25) is 5.02 Å². The number of anilines is 1. The Labute approximate surface area is 156 Å². The molecule has 0 fully saturated rings. The van der Waals surface area contributed by atoms with Crippen molar-refractivity contribution in [2.24, 2.45) is 4.99 Å². The fourth-order valence-electron chi connectivity index (χ4n) is 2.47. The fourth-order valence-corrected chi connectivity index (χ4v) is 3.97. The number of amidine groups is 1. The summed E-state index contributed by atoms with van der Waals surface area (Å²) in [6.07, 6.45) is 0. The predicted octanol–water partition coefficient (Wildman–Crippen LogP) is 2.41. The Kier molecular flexibility index (Phi) is 4.88. The molecule has 136 valence electrons. The van der Waals surface area contributed by atoms with Crippen LogP contribution in [0.3, 0.4) is 0 Å². The highest BCUT2D eigenvalue weighted by Crippen LogP contribution is 2.27. The first-order valence-corrected chi connectivity index (χ1v) is 9.52. The number of methoxy groups -OCH3 is 1. The first-order chi connectivity index (χ1) is 12.3. The topological polar surface area (TPSA) is 96.9 Å². The summed E-state index contributed by atoms with van der Waals surface area (Å²) in [5, 5.41) is 3.05. The zero-order valence-electron chi connectivity index (χ0n) is 14.0. The van der Waals surface area contributed by atoms with E-state index in [0.29, 0.717) is 22.0 Å². The molecule has 7 nitrogen and oxygen atoms in total. The van der Waals surface area contributed by atoms with Gasteiger partial charge in [-0.1, -0.05) is 23.7 Å². The number of fused-ring (bicyclic) bond motifs is 1. The molecule has 0 spiro atoms. The summed E-state index contributed by atoms with van der Waals surface area (Å²) in [6, 6.07) is 10.5. The second-order valence-electron chi connectivity index (χ2n) is 5.59. The molecular weight excluding hydrogens is 378 g/mol. The number of hydrogen-bond acceptors (Lipinski definition) is 5. The molecule has 2 aromatic carbocycles. The molecule has 3 rings (SSSR count). The number of halogens is 1. The summed E-state index contributed by atoms with van der Waals surface area (Å²) >= 11 is 6.04. The van der Waals surface area contributed by atoms with Gasteiger partial charge in [-0.3, -0.25) is 14.5 Å². The van der Waals surface area contributed by atoms with Gasteiger partial charge in [0.15, 0.2) is 0 Å². The van der Waals surface area contributed by atoms with E-state index < -0.39 is 22.0 Å². The number of sulfonamides is 1. The minimum absolute atomic E-state index is 0.147. The maximum Gasteiger partial charge on any atom is 0.263 e. The van der Waals surface area contributed by atoms with Gasteiger partial charge < -0.3 is 10.1 Å². The second-order valence-corrected chi connectivity index (χ2v) is 7.65. The number of carbonyl (C=O) groups is 1. The lowest BCUT2D eigenvalue weighted by Crippen LogP contribution is -2.28. The van der Waals surface area contributed by atoms with Gasteiger partial charge >= 0.3 is 0 Å². The van der Waals surface area contributed by atoms with E-state index in [1.54, 1.807) is 43.3 Å². The Balaban J connectivity index is 1.80. The van der Waals surface area contributed by atoms with Gasteiger partial charge in [0.2, 0.25) is 5.91 Å². The number of aliphatic imine (C=N–C) groups is 1. The number of hydrogen-bond donors (Lipinski definition) is 2. The second kappa shape index (κ2) is 6.97. The number of rotatable bonds is 4. The molecule has 0 bridgehead atoms. The lowest BCUT2D eigenvalue weighted by molar-refractivity contribution is -0.117. The van der Waals surface area contributed by atoms with Crippen molar-refractivity contribution in [3.8, 4) is 5.75 Å². The molecule has 0 radical (unpaired) electrons. The van der Waals surface area contributed by atoms with Crippen molar-refractivity contribution in [3.05, 3.63) is 53.1 Å². The van der Waals surface area contributed by atoms with E-state index in [1.807, 2.05) is 0 Å². The molecule has 0 aliphatic carbocycles. The third-order valence-electron chi connectivity index (χ3n) is 3.78. The summed E-state index contributed by atoms with van der Waals surface area (Å²) in [5.41, 5.74) is 0.930. The molecule has 0 saturated carbocycles. The van der Waals surface area contributed by atoms with E-state index >= 15 is 0 Å². The molecule has 1 heterocycles. The van der Waals surface area contributed by atoms with Crippen molar-refractivity contribution < 1.29 is 17.9 Å². The SMILES string of the molecule is COc1ccc(NC(=O)[C@@H](C)N=C2NS(=O)(=O)c3ccccc32)cc1Cl. The van der Waals surface area contributed by atoms with Crippen molar-refractivity contribution in [1.82, 2.24) is 4.72 Å². The monoisotopic (exact) mass is 393 g/mol. The summed E-state index contributed by atoms with van der Waals surface area (Å²) < 4.78 is 31.6. The molecule has 2 aromatic rings. The molecule has 1 atom stereocenters. The Bertz CT molecular complexity index is 1000. The van der Waals surface area contributed by atoms with Gasteiger partial charge in [-0.15, -0.1) is 0 Å². The summed E-state index contributed by atoms with van der Waals surface area (Å²) in [6.45, 7) is 1.57. The molecule has 0 saturated heterocycles. The number of nitrogens with zero attached hydrogens (tertiary/aromatic N) is 1. The normalized spacial score (nSPS) is 17.3. The van der Waals surface area contributed by atoms with Gasteiger partial charge in [0.1, 0.15) is 17.6 Å². The van der Waals surface area contributed by atoms with Crippen LogP contribution in [0.25, 0.3) is 0 Å². The smallest absolute Gasteiger partial charge is 0.263 e. The van der Waals surface area contributed by atoms with Crippen LogP contribution < -0.4 is 14.8 Å². The van der Waals surface area contributed by atoms with Crippen LogP contribution >= 0.6 is 11.6 Å². The zero-order chi connectivity index (χ0) is 18.9. The molecular formula is C17H16ClN3O4S. The molecule has 1 amide bonds. The van der Waals surface area contributed by atoms with E-state index in [9.17, 15) is 13.2 Å². The lowest BCUT2D eigenvalue weighted by Gasteiger charge is -2.11. The van der Waals surface area contributed by atoms with Gasteiger partial charge in [0.05, 0.1) is 17.0 Å². The van der Waals surface area contributed by atoms with Gasteiger partial charge in [-0.25, -0.2) is 8.42 Å². The largest absolute Gasteiger partial charge is 0.495 e. The van der Waals surface area contributed by atoms with E-state index in [1.165, 1.54) is 13.2 Å². The Morgan fingerprint density at radius 1 is 1.27 bits per heavy atom. The molecule has 0 aromatic heterocycles. The van der Waals surface area contributed by atoms with Gasteiger partial charge in [-0.2, -0.15) is 0 Å². The van der Waals surface area contributed by atoms with Gasteiger partial charge in [0.25, 0.3) is 10.0 Å². The maximum absolute atomic E-state index is 12.4. The maximum atomic E-state index is 12.4. The minimum atomic E-state index is -3.64. The first kappa shape index (κ1) is 18.2. The number of nitrogens with one attached hydrogen (secondary N) is 2. The molecule has 1 aliphatic heterocycles. The number of ether oxygens (including phenoxy) is 1. The van der Waals surface area contributed by atoms with Crippen molar-refractivity contribution >= 4 is 39.1 Å². The van der Waals surface area contributed by atoms with E-state index in [2.05, 4.69) is 15.0 Å².